The van der Waals surface area contributed by atoms with E-state index in [0.29, 0.717) is 11.3 Å². The molecule has 26 heavy (non-hydrogen) atoms. The Bertz CT molecular complexity index is 1100. The minimum absolute atomic E-state index is 0.0113. The zero-order valence-corrected chi connectivity index (χ0v) is 15.0. The summed E-state index contributed by atoms with van der Waals surface area (Å²) in [4.78, 5) is 11.9. The molecule has 0 saturated carbocycles. The second kappa shape index (κ2) is 7.01. The molecule has 3 aromatic carbocycles. The molecule has 3 aromatic rings. The molecule has 0 spiro atoms. The Balaban J connectivity index is 1.95. The van der Waals surface area contributed by atoms with Crippen LogP contribution in [0.5, 0.6) is 0 Å². The zero-order chi connectivity index (χ0) is 18.7. The minimum atomic E-state index is -3.88. The van der Waals surface area contributed by atoms with Crippen molar-refractivity contribution >= 4 is 38.1 Å². The van der Waals surface area contributed by atoms with Gasteiger partial charge in [0.25, 0.3) is 15.9 Å². The van der Waals surface area contributed by atoms with Crippen molar-refractivity contribution in [3.8, 4) is 0 Å². The van der Waals surface area contributed by atoms with Crippen LogP contribution < -0.4 is 10.0 Å². The van der Waals surface area contributed by atoms with Crippen molar-refractivity contribution in [1.82, 2.24) is 0 Å². The molecule has 6 heteroatoms. The Labute approximate surface area is 152 Å². The number of hydrogen-bond acceptors (Lipinski definition) is 3. The van der Waals surface area contributed by atoms with Crippen LogP contribution in [-0.2, 0) is 14.8 Å². The molecule has 3 rings (SSSR count). The number of sulfonamides is 1. The van der Waals surface area contributed by atoms with E-state index in [1.807, 2.05) is 30.3 Å². The molecule has 0 aliphatic carbocycles. The Morgan fingerprint density at radius 3 is 2.31 bits per heavy atom. The van der Waals surface area contributed by atoms with Gasteiger partial charge in [0.15, 0.2) is 0 Å². The highest BCUT2D eigenvalue weighted by molar-refractivity contribution is 7.92. The predicted molar refractivity (Wildman–Crippen MR) is 105 cm³/mol. The van der Waals surface area contributed by atoms with Crippen LogP contribution in [0.4, 0.5) is 11.4 Å². The number of carbonyl (C=O) groups excluding carboxylic acids is 1. The first kappa shape index (κ1) is 17.7. The van der Waals surface area contributed by atoms with Gasteiger partial charge in [0.05, 0.1) is 5.69 Å². The van der Waals surface area contributed by atoms with Crippen LogP contribution in [0.1, 0.15) is 6.92 Å². The second-order valence-electron chi connectivity index (χ2n) is 5.90. The van der Waals surface area contributed by atoms with Crippen molar-refractivity contribution in [3.63, 3.8) is 0 Å². The summed E-state index contributed by atoms with van der Waals surface area (Å²) in [5, 5.41) is 4.52. The first-order valence-corrected chi connectivity index (χ1v) is 9.43. The van der Waals surface area contributed by atoms with Gasteiger partial charge in [-0.2, -0.15) is 0 Å². The lowest BCUT2D eigenvalue weighted by Crippen LogP contribution is -2.18. The standard InChI is InChI=1S/C20H18N2O3S/c1-14(2)20(23)21-18-9-5-6-10-19(18)26(24,25)22-17-12-11-15-7-3-4-8-16(15)13-17/h3-13,22H,1H2,2H3,(H,21,23). The molecule has 5 nitrogen and oxygen atoms in total. The van der Waals surface area contributed by atoms with E-state index in [1.54, 1.807) is 31.2 Å². The number of amides is 1. The van der Waals surface area contributed by atoms with E-state index in [1.165, 1.54) is 12.1 Å². The van der Waals surface area contributed by atoms with E-state index in [0.717, 1.165) is 10.8 Å². The normalized spacial score (nSPS) is 11.1. The highest BCUT2D eigenvalue weighted by Gasteiger charge is 2.20. The molecular formula is C20H18N2O3S. The highest BCUT2D eigenvalue weighted by Crippen LogP contribution is 2.26. The molecule has 0 aliphatic heterocycles. The first-order valence-electron chi connectivity index (χ1n) is 7.94. The Morgan fingerprint density at radius 1 is 0.923 bits per heavy atom. The number of para-hydroxylation sites is 1. The van der Waals surface area contributed by atoms with Gasteiger partial charge in [0.1, 0.15) is 4.90 Å². The summed E-state index contributed by atoms with van der Waals surface area (Å²) < 4.78 is 28.2. The monoisotopic (exact) mass is 366 g/mol. The van der Waals surface area contributed by atoms with Crippen molar-refractivity contribution < 1.29 is 13.2 Å². The van der Waals surface area contributed by atoms with Crippen LogP contribution in [0, 0.1) is 0 Å². The van der Waals surface area contributed by atoms with Gasteiger partial charge in [-0.05, 0) is 42.0 Å². The van der Waals surface area contributed by atoms with Gasteiger partial charge in [-0.3, -0.25) is 9.52 Å². The summed E-state index contributed by atoms with van der Waals surface area (Å²) in [5.74, 6) is -0.432. The van der Waals surface area contributed by atoms with Crippen LogP contribution in [-0.4, -0.2) is 14.3 Å². The Kier molecular flexibility index (Phi) is 4.77. The molecule has 0 unspecified atom stereocenters. The van der Waals surface area contributed by atoms with Crippen LogP contribution in [0.15, 0.2) is 83.8 Å². The second-order valence-corrected chi connectivity index (χ2v) is 7.55. The van der Waals surface area contributed by atoms with E-state index in [-0.39, 0.29) is 10.6 Å². The molecule has 0 bridgehead atoms. The van der Waals surface area contributed by atoms with Crippen LogP contribution in [0.3, 0.4) is 0 Å². The fraction of sp³-hybridized carbons (Fsp3) is 0.0500. The third kappa shape index (κ3) is 3.75. The molecule has 132 valence electrons. The quantitative estimate of drug-likeness (QED) is 0.666. The number of nitrogens with one attached hydrogen (secondary N) is 2. The average molecular weight is 366 g/mol. The minimum Gasteiger partial charge on any atom is -0.321 e. The smallest absolute Gasteiger partial charge is 0.263 e. The largest absolute Gasteiger partial charge is 0.321 e. The van der Waals surface area contributed by atoms with Crippen molar-refractivity contribution in [3.05, 3.63) is 78.9 Å². The number of carbonyl (C=O) groups is 1. The number of anilines is 2. The van der Waals surface area contributed by atoms with E-state index >= 15 is 0 Å². The van der Waals surface area contributed by atoms with Crippen LogP contribution in [0.25, 0.3) is 10.8 Å². The molecule has 0 saturated heterocycles. The van der Waals surface area contributed by atoms with E-state index in [9.17, 15) is 13.2 Å². The van der Waals surface area contributed by atoms with Gasteiger partial charge in [0, 0.05) is 11.3 Å². The topological polar surface area (TPSA) is 75.3 Å². The maximum Gasteiger partial charge on any atom is 0.263 e. The van der Waals surface area contributed by atoms with Crippen LogP contribution >= 0.6 is 0 Å². The van der Waals surface area contributed by atoms with Gasteiger partial charge in [-0.25, -0.2) is 8.42 Å². The lowest BCUT2D eigenvalue weighted by atomic mass is 10.1. The molecule has 2 N–H and O–H groups in total. The third-order valence-corrected chi connectivity index (χ3v) is 5.25. The summed E-state index contributed by atoms with van der Waals surface area (Å²) in [5.41, 5.74) is 0.943. The maximum atomic E-state index is 12.8. The van der Waals surface area contributed by atoms with Gasteiger partial charge in [0.2, 0.25) is 0 Å². The third-order valence-electron chi connectivity index (χ3n) is 3.81. The average Bonchev–Trinajstić information content (AvgIpc) is 2.61. The molecule has 0 aromatic heterocycles. The summed E-state index contributed by atoms with van der Waals surface area (Å²) in [6.45, 7) is 5.12. The molecule has 0 fully saturated rings. The number of hydrogen-bond donors (Lipinski definition) is 2. The molecule has 0 aliphatic rings. The molecule has 0 radical (unpaired) electrons. The first-order chi connectivity index (χ1) is 12.4. The summed E-state index contributed by atoms with van der Waals surface area (Å²) >= 11 is 0. The van der Waals surface area contributed by atoms with Gasteiger partial charge in [-0.1, -0.05) is 49.0 Å². The Morgan fingerprint density at radius 2 is 1.58 bits per heavy atom. The summed E-state index contributed by atoms with van der Waals surface area (Å²) in [6, 6.07) is 19.2. The van der Waals surface area contributed by atoms with Crippen molar-refractivity contribution in [2.45, 2.75) is 11.8 Å². The van der Waals surface area contributed by atoms with Crippen molar-refractivity contribution in [2.75, 3.05) is 10.0 Å². The molecule has 0 heterocycles. The van der Waals surface area contributed by atoms with E-state index in [4.69, 9.17) is 0 Å². The zero-order valence-electron chi connectivity index (χ0n) is 14.2. The van der Waals surface area contributed by atoms with Crippen molar-refractivity contribution in [1.29, 1.82) is 0 Å². The molecule has 0 atom stereocenters. The maximum absolute atomic E-state index is 12.8. The number of fused-ring (bicyclic) bond motifs is 1. The van der Waals surface area contributed by atoms with E-state index in [2.05, 4.69) is 16.6 Å². The van der Waals surface area contributed by atoms with Crippen LogP contribution in [0.2, 0.25) is 0 Å². The van der Waals surface area contributed by atoms with Gasteiger partial charge < -0.3 is 5.32 Å². The fourth-order valence-corrected chi connectivity index (χ4v) is 3.71. The fourth-order valence-electron chi connectivity index (χ4n) is 2.50. The summed E-state index contributed by atoms with van der Waals surface area (Å²) in [7, 11) is -3.88. The lowest BCUT2D eigenvalue weighted by molar-refractivity contribution is -0.112. The molecule has 1 amide bonds. The predicted octanol–water partition coefficient (Wildman–Crippen LogP) is 4.16. The van der Waals surface area contributed by atoms with Crippen molar-refractivity contribution in [2.24, 2.45) is 0 Å². The molecular weight excluding hydrogens is 348 g/mol. The van der Waals surface area contributed by atoms with Gasteiger partial charge >= 0.3 is 0 Å². The lowest BCUT2D eigenvalue weighted by Gasteiger charge is -2.13. The van der Waals surface area contributed by atoms with E-state index < -0.39 is 15.9 Å². The Hall–Kier alpha value is -3.12. The number of benzene rings is 3. The number of rotatable bonds is 5. The SMILES string of the molecule is C=C(C)C(=O)Nc1ccccc1S(=O)(=O)Nc1ccc2ccccc2c1. The van der Waals surface area contributed by atoms with Gasteiger partial charge in [-0.15, -0.1) is 0 Å². The summed E-state index contributed by atoms with van der Waals surface area (Å²) in [6.07, 6.45) is 0. The highest BCUT2D eigenvalue weighted by atomic mass is 32.2.